The van der Waals surface area contributed by atoms with Crippen LogP contribution in [0, 0.1) is 0 Å². The minimum Gasteiger partial charge on any atom is -0.378 e. The van der Waals surface area contributed by atoms with Crippen LogP contribution in [0.4, 0.5) is 5.69 Å². The lowest BCUT2D eigenvalue weighted by molar-refractivity contribution is -0.130. The monoisotopic (exact) mass is 337 g/mol. The third kappa shape index (κ3) is 3.82. The van der Waals surface area contributed by atoms with Crippen LogP contribution < -0.4 is 4.90 Å². The summed E-state index contributed by atoms with van der Waals surface area (Å²) in [6.07, 6.45) is 0.251. The Bertz CT molecular complexity index is 853. The van der Waals surface area contributed by atoms with Crippen LogP contribution in [0.2, 0.25) is 0 Å². The van der Waals surface area contributed by atoms with E-state index in [1.54, 1.807) is 0 Å². The number of benzene rings is 2. The molecule has 1 amide bonds. The SMILES string of the molecule is CCN(Cc1ccc(N(C)C)cc1)C(=O)Cc1noc2ccccc12. The van der Waals surface area contributed by atoms with Gasteiger partial charge in [0, 0.05) is 38.3 Å². The number of carbonyl (C=O) groups is 1. The Morgan fingerprint density at radius 1 is 1.08 bits per heavy atom. The van der Waals surface area contributed by atoms with Gasteiger partial charge in [0.25, 0.3) is 0 Å². The topological polar surface area (TPSA) is 49.6 Å². The quantitative estimate of drug-likeness (QED) is 0.691. The molecule has 130 valence electrons. The maximum Gasteiger partial charge on any atom is 0.229 e. The first-order valence-electron chi connectivity index (χ1n) is 8.46. The first kappa shape index (κ1) is 17.0. The van der Waals surface area contributed by atoms with E-state index in [0.717, 1.165) is 16.6 Å². The largest absolute Gasteiger partial charge is 0.378 e. The second kappa shape index (κ2) is 7.38. The van der Waals surface area contributed by atoms with Gasteiger partial charge in [-0.2, -0.15) is 0 Å². The molecule has 0 aliphatic carbocycles. The van der Waals surface area contributed by atoms with Gasteiger partial charge in [0.1, 0.15) is 5.69 Å². The predicted molar refractivity (Wildman–Crippen MR) is 99.6 cm³/mol. The van der Waals surface area contributed by atoms with Crippen LogP contribution in [0.5, 0.6) is 0 Å². The Hall–Kier alpha value is -2.82. The van der Waals surface area contributed by atoms with Gasteiger partial charge in [-0.05, 0) is 36.8 Å². The summed E-state index contributed by atoms with van der Waals surface area (Å²) in [5.41, 5.74) is 3.67. The highest BCUT2D eigenvalue weighted by atomic mass is 16.5. The lowest BCUT2D eigenvalue weighted by Crippen LogP contribution is -2.31. The van der Waals surface area contributed by atoms with Crippen LogP contribution in [-0.2, 0) is 17.8 Å². The molecule has 0 atom stereocenters. The summed E-state index contributed by atoms with van der Waals surface area (Å²) >= 11 is 0. The molecule has 0 aliphatic heterocycles. The van der Waals surface area contributed by atoms with E-state index >= 15 is 0 Å². The first-order valence-corrected chi connectivity index (χ1v) is 8.46. The molecule has 3 rings (SSSR count). The van der Waals surface area contributed by atoms with Crippen molar-refractivity contribution in [2.24, 2.45) is 0 Å². The number of fused-ring (bicyclic) bond motifs is 1. The zero-order valence-electron chi connectivity index (χ0n) is 14.9. The molecule has 25 heavy (non-hydrogen) atoms. The molecule has 0 N–H and O–H groups in total. The summed E-state index contributed by atoms with van der Waals surface area (Å²) in [7, 11) is 4.03. The van der Waals surface area contributed by atoms with E-state index in [1.165, 1.54) is 0 Å². The smallest absolute Gasteiger partial charge is 0.229 e. The molecule has 0 fully saturated rings. The van der Waals surface area contributed by atoms with E-state index < -0.39 is 0 Å². The molecule has 0 saturated heterocycles. The molecule has 1 aromatic heterocycles. The van der Waals surface area contributed by atoms with E-state index in [4.69, 9.17) is 4.52 Å². The fourth-order valence-electron chi connectivity index (χ4n) is 2.82. The van der Waals surface area contributed by atoms with Crippen molar-refractivity contribution in [2.75, 3.05) is 25.5 Å². The maximum absolute atomic E-state index is 12.7. The minimum atomic E-state index is 0.0539. The van der Waals surface area contributed by atoms with E-state index in [1.807, 2.05) is 50.2 Å². The van der Waals surface area contributed by atoms with E-state index in [0.29, 0.717) is 24.4 Å². The van der Waals surface area contributed by atoms with Gasteiger partial charge >= 0.3 is 0 Å². The van der Waals surface area contributed by atoms with E-state index in [2.05, 4.69) is 34.3 Å². The van der Waals surface area contributed by atoms with Crippen molar-refractivity contribution in [1.29, 1.82) is 0 Å². The molecule has 5 heteroatoms. The van der Waals surface area contributed by atoms with Gasteiger partial charge in [-0.15, -0.1) is 0 Å². The molecule has 0 aliphatic rings. The zero-order chi connectivity index (χ0) is 17.8. The van der Waals surface area contributed by atoms with Gasteiger partial charge in [-0.3, -0.25) is 4.79 Å². The molecule has 3 aromatic rings. The fraction of sp³-hybridized carbons (Fsp3) is 0.300. The first-order chi connectivity index (χ1) is 12.1. The molecular formula is C20H23N3O2. The number of anilines is 1. The van der Waals surface area contributed by atoms with Crippen molar-refractivity contribution < 1.29 is 9.32 Å². The molecule has 0 saturated carbocycles. The van der Waals surface area contributed by atoms with Crippen LogP contribution in [-0.4, -0.2) is 36.6 Å². The van der Waals surface area contributed by atoms with Crippen molar-refractivity contribution in [1.82, 2.24) is 10.1 Å². The number of nitrogens with zero attached hydrogens (tertiary/aromatic N) is 3. The normalized spacial score (nSPS) is 10.8. The van der Waals surface area contributed by atoms with E-state index in [9.17, 15) is 4.79 Å². The number of amides is 1. The molecule has 2 aromatic carbocycles. The van der Waals surface area contributed by atoms with Crippen molar-refractivity contribution in [3.63, 3.8) is 0 Å². The highest BCUT2D eigenvalue weighted by Gasteiger charge is 2.17. The lowest BCUT2D eigenvalue weighted by Gasteiger charge is -2.21. The molecule has 0 radical (unpaired) electrons. The summed E-state index contributed by atoms with van der Waals surface area (Å²) in [4.78, 5) is 16.6. The van der Waals surface area contributed by atoms with Gasteiger partial charge in [0.15, 0.2) is 5.58 Å². The summed E-state index contributed by atoms with van der Waals surface area (Å²) < 4.78 is 5.29. The number of carbonyl (C=O) groups excluding carboxylic acids is 1. The van der Waals surface area contributed by atoms with Gasteiger partial charge in [0.05, 0.1) is 6.42 Å². The number of rotatable bonds is 6. The Balaban J connectivity index is 1.70. The Labute approximate surface area is 147 Å². The standard InChI is InChI=1S/C20H23N3O2/c1-4-23(14-15-9-11-16(12-10-15)22(2)3)20(24)13-18-17-7-5-6-8-19(17)25-21-18/h5-12H,4,13-14H2,1-3H3. The third-order valence-electron chi connectivity index (χ3n) is 4.33. The summed E-state index contributed by atoms with van der Waals surface area (Å²) in [5.74, 6) is 0.0539. The van der Waals surface area contributed by atoms with Crippen molar-refractivity contribution in [3.8, 4) is 0 Å². The van der Waals surface area contributed by atoms with Crippen LogP contribution in [0.15, 0.2) is 53.1 Å². The number of hydrogen-bond acceptors (Lipinski definition) is 4. The average Bonchev–Trinajstić information content (AvgIpc) is 3.03. The molecule has 1 heterocycles. The summed E-state index contributed by atoms with van der Waals surface area (Å²) in [5, 5.41) is 4.97. The molecular weight excluding hydrogens is 314 g/mol. The van der Waals surface area contributed by atoms with Gasteiger partial charge < -0.3 is 14.3 Å². The van der Waals surface area contributed by atoms with Gasteiger partial charge in [0.2, 0.25) is 5.91 Å². The van der Waals surface area contributed by atoms with Crippen molar-refractivity contribution in [2.45, 2.75) is 19.9 Å². The molecule has 0 unspecified atom stereocenters. The second-order valence-electron chi connectivity index (χ2n) is 6.27. The van der Waals surface area contributed by atoms with Crippen LogP contribution >= 0.6 is 0 Å². The molecule has 0 spiro atoms. The average molecular weight is 337 g/mol. The Kier molecular flexibility index (Phi) is 5.03. The maximum atomic E-state index is 12.7. The highest BCUT2D eigenvalue weighted by Crippen LogP contribution is 2.19. The lowest BCUT2D eigenvalue weighted by atomic mass is 10.1. The van der Waals surface area contributed by atoms with Crippen molar-refractivity contribution in [3.05, 3.63) is 59.8 Å². The second-order valence-corrected chi connectivity index (χ2v) is 6.27. The van der Waals surface area contributed by atoms with Crippen LogP contribution in [0.25, 0.3) is 11.0 Å². The summed E-state index contributed by atoms with van der Waals surface area (Å²) in [6.45, 7) is 3.25. The molecule has 0 bridgehead atoms. The number of likely N-dealkylation sites (N-methyl/N-ethyl adjacent to an activating group) is 1. The molecule has 5 nitrogen and oxygen atoms in total. The number of aromatic nitrogens is 1. The number of para-hydroxylation sites is 1. The van der Waals surface area contributed by atoms with Crippen LogP contribution in [0.1, 0.15) is 18.2 Å². The summed E-state index contributed by atoms with van der Waals surface area (Å²) in [6, 6.07) is 15.9. The minimum absolute atomic E-state index is 0.0539. The predicted octanol–water partition coefficient (Wildman–Crippen LogP) is 3.49. The van der Waals surface area contributed by atoms with Crippen molar-refractivity contribution >= 4 is 22.6 Å². The Morgan fingerprint density at radius 3 is 2.48 bits per heavy atom. The zero-order valence-corrected chi connectivity index (χ0v) is 14.9. The number of hydrogen-bond donors (Lipinski definition) is 0. The third-order valence-corrected chi connectivity index (χ3v) is 4.33. The highest BCUT2D eigenvalue weighted by molar-refractivity contribution is 5.86. The van der Waals surface area contributed by atoms with Crippen LogP contribution in [0.3, 0.4) is 0 Å². The fourth-order valence-corrected chi connectivity index (χ4v) is 2.82. The Morgan fingerprint density at radius 2 is 1.80 bits per heavy atom. The van der Waals surface area contributed by atoms with Gasteiger partial charge in [-0.25, -0.2) is 0 Å². The van der Waals surface area contributed by atoms with Gasteiger partial charge in [-0.1, -0.05) is 29.4 Å². The van der Waals surface area contributed by atoms with E-state index in [-0.39, 0.29) is 12.3 Å².